The van der Waals surface area contributed by atoms with Gasteiger partial charge < -0.3 is 15.5 Å². The number of aliphatic hydroxyl groups is 1. The van der Waals surface area contributed by atoms with Crippen LogP contribution in [-0.4, -0.2) is 28.3 Å². The summed E-state index contributed by atoms with van der Waals surface area (Å²) in [4.78, 5) is 3.96. The van der Waals surface area contributed by atoms with Crippen LogP contribution in [0, 0.1) is 0 Å². The molecule has 1 heterocycles. The summed E-state index contributed by atoms with van der Waals surface area (Å²) < 4.78 is 0. The summed E-state index contributed by atoms with van der Waals surface area (Å²) in [6.07, 6.45) is 1.40. The molecule has 0 atom stereocenters. The average Bonchev–Trinajstić information content (AvgIpc) is 2.09. The lowest BCUT2D eigenvalue weighted by atomic mass is 10.3. The SMILES string of the molecule is OCCNCc1ccc(O)cn1. The van der Waals surface area contributed by atoms with Crippen LogP contribution in [-0.2, 0) is 6.54 Å². The van der Waals surface area contributed by atoms with Gasteiger partial charge >= 0.3 is 0 Å². The number of hydrogen-bond acceptors (Lipinski definition) is 4. The molecule has 0 bridgehead atoms. The van der Waals surface area contributed by atoms with E-state index in [-0.39, 0.29) is 12.4 Å². The second kappa shape index (κ2) is 4.69. The van der Waals surface area contributed by atoms with Gasteiger partial charge in [-0.2, -0.15) is 0 Å². The number of aromatic nitrogens is 1. The Morgan fingerprint density at radius 2 is 2.25 bits per heavy atom. The standard InChI is InChI=1S/C8H12N2O2/c11-4-3-9-5-7-1-2-8(12)6-10-7/h1-2,6,9,11-12H,3-5H2. The highest BCUT2D eigenvalue weighted by Crippen LogP contribution is 2.04. The number of aromatic hydroxyl groups is 1. The van der Waals surface area contributed by atoms with Crippen molar-refractivity contribution in [2.45, 2.75) is 6.54 Å². The summed E-state index contributed by atoms with van der Waals surface area (Å²) >= 11 is 0. The Morgan fingerprint density at radius 3 is 2.83 bits per heavy atom. The Morgan fingerprint density at radius 1 is 1.42 bits per heavy atom. The molecular formula is C8H12N2O2. The van der Waals surface area contributed by atoms with Crippen molar-refractivity contribution in [2.24, 2.45) is 0 Å². The first-order chi connectivity index (χ1) is 5.83. The zero-order valence-electron chi connectivity index (χ0n) is 6.70. The minimum absolute atomic E-state index is 0.123. The van der Waals surface area contributed by atoms with Crippen molar-refractivity contribution in [3.05, 3.63) is 24.0 Å². The van der Waals surface area contributed by atoms with Gasteiger partial charge in [0.15, 0.2) is 0 Å². The molecule has 0 saturated carbocycles. The van der Waals surface area contributed by atoms with E-state index in [0.717, 1.165) is 5.69 Å². The number of aliphatic hydroxyl groups excluding tert-OH is 1. The minimum Gasteiger partial charge on any atom is -0.506 e. The topological polar surface area (TPSA) is 65.4 Å². The zero-order chi connectivity index (χ0) is 8.81. The lowest BCUT2D eigenvalue weighted by Crippen LogP contribution is -2.17. The van der Waals surface area contributed by atoms with E-state index in [9.17, 15) is 0 Å². The monoisotopic (exact) mass is 168 g/mol. The van der Waals surface area contributed by atoms with Crippen LogP contribution in [0.4, 0.5) is 0 Å². The molecule has 1 aromatic heterocycles. The quantitative estimate of drug-likeness (QED) is 0.548. The third-order valence-corrected chi connectivity index (χ3v) is 1.40. The molecule has 0 radical (unpaired) electrons. The molecule has 3 N–H and O–H groups in total. The maximum atomic E-state index is 8.91. The number of nitrogens with zero attached hydrogens (tertiary/aromatic N) is 1. The minimum atomic E-state index is 0.123. The Labute approximate surface area is 70.9 Å². The second-order valence-electron chi connectivity index (χ2n) is 2.41. The summed E-state index contributed by atoms with van der Waals surface area (Å²) in [5.74, 6) is 0.168. The maximum Gasteiger partial charge on any atom is 0.133 e. The molecule has 1 rings (SSSR count). The number of nitrogens with one attached hydrogen (secondary N) is 1. The van der Waals surface area contributed by atoms with Crippen molar-refractivity contribution in [1.82, 2.24) is 10.3 Å². The van der Waals surface area contributed by atoms with Crippen LogP contribution in [0.25, 0.3) is 0 Å². The third kappa shape index (κ3) is 2.86. The van der Waals surface area contributed by atoms with Crippen molar-refractivity contribution >= 4 is 0 Å². The number of rotatable bonds is 4. The Kier molecular flexibility index (Phi) is 3.50. The van der Waals surface area contributed by atoms with E-state index >= 15 is 0 Å². The smallest absolute Gasteiger partial charge is 0.133 e. The fourth-order valence-electron chi connectivity index (χ4n) is 0.817. The lowest BCUT2D eigenvalue weighted by molar-refractivity contribution is 0.291. The van der Waals surface area contributed by atoms with Gasteiger partial charge in [-0.05, 0) is 12.1 Å². The Balaban J connectivity index is 2.37. The van der Waals surface area contributed by atoms with Gasteiger partial charge in [-0.1, -0.05) is 0 Å². The molecule has 0 aliphatic heterocycles. The number of pyridine rings is 1. The van der Waals surface area contributed by atoms with Gasteiger partial charge in [-0.25, -0.2) is 0 Å². The van der Waals surface area contributed by atoms with Gasteiger partial charge in [-0.15, -0.1) is 0 Å². The fourth-order valence-corrected chi connectivity index (χ4v) is 0.817. The van der Waals surface area contributed by atoms with Crippen molar-refractivity contribution in [2.75, 3.05) is 13.2 Å². The highest BCUT2D eigenvalue weighted by Gasteiger charge is 1.92. The molecule has 0 fully saturated rings. The second-order valence-corrected chi connectivity index (χ2v) is 2.41. The first-order valence-electron chi connectivity index (χ1n) is 3.78. The summed E-state index contributed by atoms with van der Waals surface area (Å²) in [6.45, 7) is 1.29. The molecule has 4 nitrogen and oxygen atoms in total. The molecule has 0 aliphatic carbocycles. The van der Waals surface area contributed by atoms with Gasteiger partial charge in [0.2, 0.25) is 0 Å². The summed E-state index contributed by atoms with van der Waals surface area (Å²) in [5, 5.41) is 20.3. The van der Waals surface area contributed by atoms with Crippen molar-refractivity contribution in [1.29, 1.82) is 0 Å². The van der Waals surface area contributed by atoms with Crippen LogP contribution in [0.2, 0.25) is 0 Å². The van der Waals surface area contributed by atoms with E-state index in [1.807, 2.05) is 0 Å². The first kappa shape index (κ1) is 8.96. The molecule has 0 unspecified atom stereocenters. The zero-order valence-corrected chi connectivity index (χ0v) is 6.70. The van der Waals surface area contributed by atoms with E-state index < -0.39 is 0 Å². The summed E-state index contributed by atoms with van der Waals surface area (Å²) in [5.41, 5.74) is 0.848. The predicted octanol–water partition coefficient (Wildman–Crippen LogP) is -0.131. The molecule has 12 heavy (non-hydrogen) atoms. The molecule has 1 aromatic rings. The fraction of sp³-hybridized carbons (Fsp3) is 0.375. The predicted molar refractivity (Wildman–Crippen MR) is 44.7 cm³/mol. The van der Waals surface area contributed by atoms with E-state index in [0.29, 0.717) is 13.1 Å². The number of hydrogen-bond donors (Lipinski definition) is 3. The van der Waals surface area contributed by atoms with Crippen molar-refractivity contribution < 1.29 is 10.2 Å². The van der Waals surface area contributed by atoms with Gasteiger partial charge in [0.25, 0.3) is 0 Å². The highest BCUT2D eigenvalue weighted by atomic mass is 16.3. The normalized spacial score (nSPS) is 10.1. The molecule has 0 aromatic carbocycles. The molecule has 0 spiro atoms. The van der Waals surface area contributed by atoms with E-state index in [2.05, 4.69) is 10.3 Å². The van der Waals surface area contributed by atoms with Crippen LogP contribution in [0.3, 0.4) is 0 Å². The third-order valence-electron chi connectivity index (χ3n) is 1.40. The van der Waals surface area contributed by atoms with Crippen LogP contribution < -0.4 is 5.32 Å². The summed E-state index contributed by atoms with van der Waals surface area (Å²) in [7, 11) is 0. The van der Waals surface area contributed by atoms with Gasteiger partial charge in [-0.3, -0.25) is 4.98 Å². The van der Waals surface area contributed by atoms with Gasteiger partial charge in [0.05, 0.1) is 18.5 Å². The van der Waals surface area contributed by atoms with Crippen molar-refractivity contribution in [3.63, 3.8) is 0 Å². The van der Waals surface area contributed by atoms with Gasteiger partial charge in [0.1, 0.15) is 5.75 Å². The van der Waals surface area contributed by atoms with Gasteiger partial charge in [0, 0.05) is 13.1 Å². The van der Waals surface area contributed by atoms with Crippen LogP contribution in [0.1, 0.15) is 5.69 Å². The molecule has 66 valence electrons. The summed E-state index contributed by atoms with van der Waals surface area (Å²) in [6, 6.07) is 3.32. The molecule has 4 heteroatoms. The largest absolute Gasteiger partial charge is 0.506 e. The van der Waals surface area contributed by atoms with Crippen LogP contribution >= 0.6 is 0 Å². The molecule has 0 amide bonds. The Bertz CT molecular complexity index is 223. The van der Waals surface area contributed by atoms with Crippen molar-refractivity contribution in [3.8, 4) is 5.75 Å². The Hall–Kier alpha value is -1.13. The lowest BCUT2D eigenvalue weighted by Gasteiger charge is -2.01. The highest BCUT2D eigenvalue weighted by molar-refractivity contribution is 5.17. The average molecular weight is 168 g/mol. The van der Waals surface area contributed by atoms with E-state index in [1.165, 1.54) is 6.20 Å². The molecule has 0 aliphatic rings. The van der Waals surface area contributed by atoms with E-state index in [1.54, 1.807) is 12.1 Å². The van der Waals surface area contributed by atoms with Crippen LogP contribution in [0.5, 0.6) is 5.75 Å². The van der Waals surface area contributed by atoms with Crippen LogP contribution in [0.15, 0.2) is 18.3 Å². The van der Waals surface area contributed by atoms with E-state index in [4.69, 9.17) is 10.2 Å². The molecular weight excluding hydrogens is 156 g/mol. The maximum absolute atomic E-state index is 8.91. The molecule has 0 saturated heterocycles. The first-order valence-corrected chi connectivity index (χ1v) is 3.78.